The van der Waals surface area contributed by atoms with Crippen LogP contribution in [0.5, 0.6) is 5.75 Å². The number of guanidine groups is 1. The van der Waals surface area contributed by atoms with Gasteiger partial charge in [0.15, 0.2) is 5.96 Å². The van der Waals surface area contributed by atoms with E-state index in [2.05, 4.69) is 36.9 Å². The average molecular weight is 561 g/mol. The number of carbonyl (C=O) groups is 1. The summed E-state index contributed by atoms with van der Waals surface area (Å²) in [5.74, 6) is 1.30. The van der Waals surface area contributed by atoms with Gasteiger partial charge in [-0.3, -0.25) is 9.79 Å². The minimum absolute atomic E-state index is 0. The number of ether oxygens (including phenoxy) is 1. The van der Waals surface area contributed by atoms with Gasteiger partial charge in [-0.15, -0.1) is 24.0 Å². The first-order valence-corrected chi connectivity index (χ1v) is 9.44. The number of methoxy groups -OCH3 is 1. The lowest BCUT2D eigenvalue weighted by atomic mass is 10.1. The van der Waals surface area contributed by atoms with E-state index in [-0.39, 0.29) is 36.4 Å². The lowest BCUT2D eigenvalue weighted by molar-refractivity contribution is -0.115. The van der Waals surface area contributed by atoms with Gasteiger partial charge in [-0.2, -0.15) is 0 Å². The Hall–Kier alpha value is -1.81. The number of nitrogens with one attached hydrogen (secondary N) is 3. The molecule has 152 valence electrons. The molecule has 0 aliphatic rings. The Morgan fingerprint density at radius 1 is 1.14 bits per heavy atom. The average Bonchev–Trinajstić information content (AvgIpc) is 2.68. The van der Waals surface area contributed by atoms with Gasteiger partial charge in [0.05, 0.1) is 13.7 Å². The molecular formula is C20H26BrIN4O2. The summed E-state index contributed by atoms with van der Waals surface area (Å²) < 4.78 is 6.08. The molecule has 2 aromatic rings. The highest BCUT2D eigenvalue weighted by Crippen LogP contribution is 2.20. The molecule has 3 N–H and O–H groups in total. The van der Waals surface area contributed by atoms with E-state index in [4.69, 9.17) is 4.74 Å². The van der Waals surface area contributed by atoms with E-state index in [1.807, 2.05) is 49.4 Å². The number of halogens is 2. The number of hydrogen-bond acceptors (Lipinski definition) is 3. The fourth-order valence-corrected chi connectivity index (χ4v) is 2.79. The molecular weight excluding hydrogens is 535 g/mol. The van der Waals surface area contributed by atoms with Crippen LogP contribution in [0.2, 0.25) is 0 Å². The van der Waals surface area contributed by atoms with E-state index in [1.54, 1.807) is 14.2 Å². The van der Waals surface area contributed by atoms with Crippen molar-refractivity contribution in [3.05, 3.63) is 58.1 Å². The number of benzene rings is 2. The number of carbonyl (C=O) groups excluding carboxylic acids is 1. The van der Waals surface area contributed by atoms with Gasteiger partial charge in [0.25, 0.3) is 0 Å². The highest BCUT2D eigenvalue weighted by molar-refractivity contribution is 14.0. The normalized spacial score (nSPS) is 10.6. The number of aryl methyl sites for hydroxylation is 1. The quantitative estimate of drug-likeness (QED) is 0.274. The maximum atomic E-state index is 12.2. The third kappa shape index (κ3) is 8.05. The predicted octanol–water partition coefficient (Wildman–Crippen LogP) is 3.73. The zero-order valence-corrected chi connectivity index (χ0v) is 20.1. The van der Waals surface area contributed by atoms with Crippen molar-refractivity contribution in [1.82, 2.24) is 10.6 Å². The summed E-state index contributed by atoms with van der Waals surface area (Å²) in [4.78, 5) is 16.3. The van der Waals surface area contributed by atoms with Crippen LogP contribution >= 0.6 is 39.9 Å². The Kier molecular flexibility index (Phi) is 10.9. The smallest absolute Gasteiger partial charge is 0.243 e. The fraction of sp³-hybridized carbons (Fsp3) is 0.300. The van der Waals surface area contributed by atoms with E-state index in [9.17, 15) is 4.79 Å². The molecule has 2 aromatic carbocycles. The molecule has 0 atom stereocenters. The van der Waals surface area contributed by atoms with Crippen molar-refractivity contribution >= 4 is 57.5 Å². The molecule has 0 aliphatic carbocycles. The zero-order chi connectivity index (χ0) is 19.6. The Morgan fingerprint density at radius 3 is 2.50 bits per heavy atom. The number of amides is 1. The van der Waals surface area contributed by atoms with Crippen LogP contribution in [0.15, 0.2) is 51.9 Å². The lowest BCUT2D eigenvalue weighted by Crippen LogP contribution is -2.42. The molecule has 28 heavy (non-hydrogen) atoms. The van der Waals surface area contributed by atoms with Crippen LogP contribution in [0.4, 0.5) is 5.69 Å². The molecule has 0 aromatic heterocycles. The second kappa shape index (κ2) is 12.6. The molecule has 0 fully saturated rings. The van der Waals surface area contributed by atoms with Crippen LogP contribution < -0.4 is 20.7 Å². The second-order valence-corrected chi connectivity index (χ2v) is 6.87. The van der Waals surface area contributed by atoms with Crippen LogP contribution in [0.25, 0.3) is 0 Å². The van der Waals surface area contributed by atoms with Crippen molar-refractivity contribution in [3.63, 3.8) is 0 Å². The van der Waals surface area contributed by atoms with Crippen molar-refractivity contribution in [2.24, 2.45) is 4.99 Å². The van der Waals surface area contributed by atoms with Crippen molar-refractivity contribution in [3.8, 4) is 5.75 Å². The summed E-state index contributed by atoms with van der Waals surface area (Å²) in [7, 11) is 3.33. The largest absolute Gasteiger partial charge is 0.497 e. The van der Waals surface area contributed by atoms with Gasteiger partial charge in [-0.1, -0.05) is 34.1 Å². The van der Waals surface area contributed by atoms with Crippen LogP contribution in [0.3, 0.4) is 0 Å². The van der Waals surface area contributed by atoms with E-state index in [1.165, 1.54) is 5.56 Å². The first-order chi connectivity index (χ1) is 13.0. The SMILES string of the molecule is CN=C(NCCc1ccc(OC)cc1)NCC(=O)Nc1cc(Br)ccc1C.I. The van der Waals surface area contributed by atoms with Crippen LogP contribution in [-0.2, 0) is 11.2 Å². The van der Waals surface area contributed by atoms with Gasteiger partial charge in [0.2, 0.25) is 5.91 Å². The Labute approximate surface area is 191 Å². The van der Waals surface area contributed by atoms with Crippen LogP contribution in [0, 0.1) is 6.92 Å². The van der Waals surface area contributed by atoms with E-state index in [0.29, 0.717) is 12.5 Å². The van der Waals surface area contributed by atoms with Crippen LogP contribution in [-0.4, -0.2) is 39.1 Å². The highest BCUT2D eigenvalue weighted by atomic mass is 127. The van der Waals surface area contributed by atoms with Gasteiger partial charge in [0, 0.05) is 23.8 Å². The number of nitrogens with zero attached hydrogens (tertiary/aromatic N) is 1. The Bertz CT molecular complexity index is 797. The van der Waals surface area contributed by atoms with Crippen molar-refractivity contribution in [1.29, 1.82) is 0 Å². The topological polar surface area (TPSA) is 74.8 Å². The molecule has 0 saturated heterocycles. The standard InChI is InChI=1S/C20H25BrN4O2.HI/c1-14-4-7-16(21)12-18(14)25-19(26)13-24-20(22-2)23-11-10-15-5-8-17(27-3)9-6-15;/h4-9,12H,10-11,13H2,1-3H3,(H,25,26)(H2,22,23,24);1H. The molecule has 0 bridgehead atoms. The molecule has 0 spiro atoms. The molecule has 2 rings (SSSR count). The summed E-state index contributed by atoms with van der Waals surface area (Å²) in [6.07, 6.45) is 0.841. The number of hydrogen-bond donors (Lipinski definition) is 3. The molecule has 1 amide bonds. The maximum absolute atomic E-state index is 12.2. The summed E-state index contributed by atoms with van der Waals surface area (Å²) in [6.45, 7) is 2.79. The zero-order valence-electron chi connectivity index (χ0n) is 16.2. The van der Waals surface area contributed by atoms with Gasteiger partial charge >= 0.3 is 0 Å². The number of anilines is 1. The van der Waals surface area contributed by atoms with Crippen molar-refractivity contribution < 1.29 is 9.53 Å². The minimum Gasteiger partial charge on any atom is -0.497 e. The third-order valence-electron chi connectivity index (χ3n) is 3.98. The highest BCUT2D eigenvalue weighted by Gasteiger charge is 2.07. The first kappa shape index (κ1) is 24.2. The summed E-state index contributed by atoms with van der Waals surface area (Å²) >= 11 is 3.41. The minimum atomic E-state index is -0.130. The maximum Gasteiger partial charge on any atom is 0.243 e. The first-order valence-electron chi connectivity index (χ1n) is 8.65. The van der Waals surface area contributed by atoms with Gasteiger partial charge < -0.3 is 20.7 Å². The molecule has 0 heterocycles. The molecule has 6 nitrogen and oxygen atoms in total. The predicted molar refractivity (Wildman–Crippen MR) is 129 cm³/mol. The van der Waals surface area contributed by atoms with Crippen LogP contribution in [0.1, 0.15) is 11.1 Å². The molecule has 0 aliphatic heterocycles. The lowest BCUT2D eigenvalue weighted by Gasteiger charge is -2.13. The number of aliphatic imine (C=N–C) groups is 1. The summed E-state index contributed by atoms with van der Waals surface area (Å²) in [5.41, 5.74) is 2.99. The van der Waals surface area contributed by atoms with Gasteiger partial charge in [0.1, 0.15) is 5.75 Å². The molecule has 0 unspecified atom stereocenters. The fourth-order valence-electron chi connectivity index (χ4n) is 2.43. The summed E-state index contributed by atoms with van der Waals surface area (Å²) in [6, 6.07) is 13.7. The third-order valence-corrected chi connectivity index (χ3v) is 4.47. The van der Waals surface area contributed by atoms with E-state index in [0.717, 1.165) is 27.9 Å². The molecule has 0 radical (unpaired) electrons. The molecule has 8 heteroatoms. The van der Waals surface area contributed by atoms with E-state index >= 15 is 0 Å². The second-order valence-electron chi connectivity index (χ2n) is 5.96. The monoisotopic (exact) mass is 560 g/mol. The summed E-state index contributed by atoms with van der Waals surface area (Å²) in [5, 5.41) is 9.13. The Morgan fingerprint density at radius 2 is 1.86 bits per heavy atom. The van der Waals surface area contributed by atoms with Crippen molar-refractivity contribution in [2.75, 3.05) is 32.6 Å². The number of rotatable bonds is 7. The van der Waals surface area contributed by atoms with Crippen molar-refractivity contribution in [2.45, 2.75) is 13.3 Å². The Balaban J connectivity index is 0.00000392. The van der Waals surface area contributed by atoms with Gasteiger partial charge in [-0.25, -0.2) is 0 Å². The van der Waals surface area contributed by atoms with E-state index < -0.39 is 0 Å². The van der Waals surface area contributed by atoms with Gasteiger partial charge in [-0.05, 0) is 48.7 Å². The molecule has 0 saturated carbocycles.